The van der Waals surface area contributed by atoms with Crippen molar-refractivity contribution in [2.24, 2.45) is 0 Å². The molecule has 0 atom stereocenters. The zero-order valence-electron chi connectivity index (χ0n) is 8.11. The Morgan fingerprint density at radius 2 is 2.19 bits per heavy atom. The fourth-order valence-electron chi connectivity index (χ4n) is 1.46. The van der Waals surface area contributed by atoms with Gasteiger partial charge in [-0.1, -0.05) is 0 Å². The smallest absolute Gasteiger partial charge is 0.185 e. The van der Waals surface area contributed by atoms with Crippen LogP contribution in [0, 0.1) is 17.1 Å². The third-order valence-corrected chi connectivity index (χ3v) is 2.14. The molecule has 0 unspecified atom stereocenters. The first-order valence-electron chi connectivity index (χ1n) is 4.48. The fourth-order valence-corrected chi connectivity index (χ4v) is 1.46. The first-order valence-corrected chi connectivity index (χ1v) is 4.48. The lowest BCUT2D eigenvalue weighted by atomic mass is 10.0. The summed E-state index contributed by atoms with van der Waals surface area (Å²) in [6.07, 6.45) is 1.89. The standard InChI is InChI=1S/C12H6FNO2/c13-10-4-8(6-14)3-9(5-10)11-1-2-16-12(11)7-15/h1-5,7H. The molecule has 3 nitrogen and oxygen atoms in total. The molecule has 0 saturated carbocycles. The van der Waals surface area contributed by atoms with Crippen molar-refractivity contribution in [2.75, 3.05) is 0 Å². The number of hydrogen-bond acceptors (Lipinski definition) is 3. The summed E-state index contributed by atoms with van der Waals surface area (Å²) in [4.78, 5) is 10.6. The molecule has 2 rings (SSSR count). The molecule has 16 heavy (non-hydrogen) atoms. The minimum atomic E-state index is -0.521. The van der Waals surface area contributed by atoms with Crippen LogP contribution < -0.4 is 0 Å². The van der Waals surface area contributed by atoms with E-state index in [-0.39, 0.29) is 11.3 Å². The lowest BCUT2D eigenvalue weighted by Gasteiger charge is -1.99. The van der Waals surface area contributed by atoms with Gasteiger partial charge in [-0.15, -0.1) is 0 Å². The van der Waals surface area contributed by atoms with Gasteiger partial charge < -0.3 is 4.42 Å². The van der Waals surface area contributed by atoms with Gasteiger partial charge in [0.1, 0.15) is 5.82 Å². The van der Waals surface area contributed by atoms with Gasteiger partial charge in [-0.3, -0.25) is 4.79 Å². The van der Waals surface area contributed by atoms with Crippen LogP contribution >= 0.6 is 0 Å². The second-order valence-corrected chi connectivity index (χ2v) is 3.16. The van der Waals surface area contributed by atoms with Crippen LogP contribution in [0.4, 0.5) is 4.39 Å². The summed E-state index contributed by atoms with van der Waals surface area (Å²) in [5.41, 5.74) is 1.13. The molecule has 0 saturated heterocycles. The van der Waals surface area contributed by atoms with Gasteiger partial charge in [0.15, 0.2) is 12.0 Å². The Morgan fingerprint density at radius 1 is 1.38 bits per heavy atom. The Morgan fingerprint density at radius 3 is 2.88 bits per heavy atom. The summed E-state index contributed by atoms with van der Waals surface area (Å²) in [5.74, 6) is -0.401. The van der Waals surface area contributed by atoms with Gasteiger partial charge in [-0.2, -0.15) is 5.26 Å². The average molecular weight is 215 g/mol. The second kappa shape index (κ2) is 3.99. The van der Waals surface area contributed by atoms with E-state index in [1.165, 1.54) is 18.4 Å². The Bertz CT molecular complexity index is 581. The molecule has 78 valence electrons. The van der Waals surface area contributed by atoms with Crippen molar-refractivity contribution in [2.45, 2.75) is 0 Å². The summed E-state index contributed by atoms with van der Waals surface area (Å²) in [7, 11) is 0. The van der Waals surface area contributed by atoms with Gasteiger partial charge in [0, 0.05) is 5.56 Å². The quantitative estimate of drug-likeness (QED) is 0.723. The van der Waals surface area contributed by atoms with Crippen LogP contribution in [0.2, 0.25) is 0 Å². The number of rotatable bonds is 2. The molecule has 1 aromatic heterocycles. The maximum Gasteiger partial charge on any atom is 0.185 e. The average Bonchev–Trinajstić information content (AvgIpc) is 2.76. The highest BCUT2D eigenvalue weighted by molar-refractivity contribution is 5.84. The van der Waals surface area contributed by atoms with E-state index >= 15 is 0 Å². The van der Waals surface area contributed by atoms with Crippen molar-refractivity contribution in [1.82, 2.24) is 0 Å². The van der Waals surface area contributed by atoms with Crippen molar-refractivity contribution in [3.63, 3.8) is 0 Å². The number of hydrogen-bond donors (Lipinski definition) is 0. The van der Waals surface area contributed by atoms with Crippen LogP contribution in [0.1, 0.15) is 16.1 Å². The number of aldehydes is 1. The number of furan rings is 1. The lowest BCUT2D eigenvalue weighted by Crippen LogP contribution is -1.86. The molecule has 0 aliphatic heterocycles. The van der Waals surface area contributed by atoms with Crippen LogP contribution in [0.15, 0.2) is 34.9 Å². The maximum atomic E-state index is 13.2. The fraction of sp³-hybridized carbons (Fsp3) is 0. The topological polar surface area (TPSA) is 54.0 Å². The number of nitriles is 1. The molecular formula is C12H6FNO2. The monoisotopic (exact) mass is 215 g/mol. The van der Waals surface area contributed by atoms with Crippen molar-refractivity contribution in [1.29, 1.82) is 5.26 Å². The highest BCUT2D eigenvalue weighted by Gasteiger charge is 2.09. The van der Waals surface area contributed by atoms with E-state index in [2.05, 4.69) is 0 Å². The molecule has 0 fully saturated rings. The SMILES string of the molecule is N#Cc1cc(F)cc(-c2ccoc2C=O)c1. The first kappa shape index (κ1) is 10.1. The molecule has 0 aliphatic carbocycles. The largest absolute Gasteiger partial charge is 0.461 e. The van der Waals surface area contributed by atoms with E-state index in [1.807, 2.05) is 6.07 Å². The van der Waals surface area contributed by atoms with Gasteiger partial charge in [0.05, 0.1) is 17.9 Å². The predicted octanol–water partition coefficient (Wildman–Crippen LogP) is 2.77. The molecule has 0 radical (unpaired) electrons. The number of nitrogens with zero attached hydrogens (tertiary/aromatic N) is 1. The Labute approximate surface area is 90.7 Å². The van der Waals surface area contributed by atoms with Gasteiger partial charge >= 0.3 is 0 Å². The van der Waals surface area contributed by atoms with Crippen LogP contribution in [0.5, 0.6) is 0 Å². The number of halogens is 1. The molecule has 4 heteroatoms. The van der Waals surface area contributed by atoms with E-state index in [0.717, 1.165) is 6.07 Å². The van der Waals surface area contributed by atoms with Crippen molar-refractivity contribution < 1.29 is 13.6 Å². The summed E-state index contributed by atoms with van der Waals surface area (Å²) >= 11 is 0. The summed E-state index contributed by atoms with van der Waals surface area (Å²) in [6, 6.07) is 7.28. The van der Waals surface area contributed by atoms with E-state index in [4.69, 9.17) is 9.68 Å². The Kier molecular flexibility index (Phi) is 2.52. The third kappa shape index (κ3) is 1.71. The van der Waals surface area contributed by atoms with Crippen molar-refractivity contribution in [3.8, 4) is 17.2 Å². The second-order valence-electron chi connectivity index (χ2n) is 3.16. The van der Waals surface area contributed by atoms with Gasteiger partial charge in [0.25, 0.3) is 0 Å². The molecule has 0 N–H and O–H groups in total. The molecule has 0 bridgehead atoms. The molecule has 1 aromatic carbocycles. The minimum Gasteiger partial charge on any atom is -0.461 e. The number of benzene rings is 1. The number of carbonyl (C=O) groups excluding carboxylic acids is 1. The van der Waals surface area contributed by atoms with Crippen LogP contribution in [-0.2, 0) is 0 Å². The van der Waals surface area contributed by atoms with Crippen molar-refractivity contribution in [3.05, 3.63) is 47.7 Å². The van der Waals surface area contributed by atoms with Crippen molar-refractivity contribution >= 4 is 6.29 Å². The predicted molar refractivity (Wildman–Crippen MR) is 54.2 cm³/mol. The zero-order valence-corrected chi connectivity index (χ0v) is 8.11. The highest BCUT2D eigenvalue weighted by atomic mass is 19.1. The van der Waals surface area contributed by atoms with Crippen LogP contribution in [0.25, 0.3) is 11.1 Å². The molecule has 0 amide bonds. The highest BCUT2D eigenvalue weighted by Crippen LogP contribution is 2.25. The molecule has 2 aromatic rings. The van der Waals surface area contributed by atoms with Gasteiger partial charge in [0.2, 0.25) is 0 Å². The van der Waals surface area contributed by atoms with Crippen LogP contribution in [-0.4, -0.2) is 6.29 Å². The van der Waals surface area contributed by atoms with E-state index < -0.39 is 5.82 Å². The summed E-state index contributed by atoms with van der Waals surface area (Å²) in [5, 5.41) is 8.70. The summed E-state index contributed by atoms with van der Waals surface area (Å²) in [6.45, 7) is 0. The van der Waals surface area contributed by atoms with E-state index in [0.29, 0.717) is 17.4 Å². The van der Waals surface area contributed by atoms with Gasteiger partial charge in [-0.25, -0.2) is 4.39 Å². The molecule has 0 aliphatic rings. The molecule has 0 spiro atoms. The molecule has 1 heterocycles. The van der Waals surface area contributed by atoms with E-state index in [1.54, 1.807) is 6.07 Å². The number of carbonyl (C=O) groups is 1. The zero-order chi connectivity index (χ0) is 11.5. The normalized spacial score (nSPS) is 9.75. The van der Waals surface area contributed by atoms with Gasteiger partial charge in [-0.05, 0) is 29.8 Å². The third-order valence-electron chi connectivity index (χ3n) is 2.14. The summed E-state index contributed by atoms with van der Waals surface area (Å²) < 4.78 is 18.1. The molecular weight excluding hydrogens is 209 g/mol. The van der Waals surface area contributed by atoms with Crippen LogP contribution in [0.3, 0.4) is 0 Å². The maximum absolute atomic E-state index is 13.2. The Balaban J connectivity index is 2.61. The lowest BCUT2D eigenvalue weighted by molar-refractivity contribution is 0.110. The van der Waals surface area contributed by atoms with E-state index in [9.17, 15) is 9.18 Å². The minimum absolute atomic E-state index is 0.120. The first-order chi connectivity index (χ1) is 7.74. The Hall–Kier alpha value is -2.41.